The molecular formula is C13H20ClNOS. The number of aryl methyl sites for hydroxylation is 1. The molecule has 0 spiro atoms. The van der Waals surface area contributed by atoms with Crippen molar-refractivity contribution in [1.29, 1.82) is 0 Å². The van der Waals surface area contributed by atoms with Crippen molar-refractivity contribution < 1.29 is 4.74 Å². The lowest BCUT2D eigenvalue weighted by Gasteiger charge is -2.09. The lowest BCUT2D eigenvalue weighted by atomic mass is 10.1. The van der Waals surface area contributed by atoms with Crippen LogP contribution in [-0.4, -0.2) is 18.2 Å². The van der Waals surface area contributed by atoms with Gasteiger partial charge in [0.25, 0.3) is 0 Å². The molecule has 2 rings (SSSR count). The third-order valence-corrected chi connectivity index (χ3v) is 4.48. The molecule has 4 heteroatoms. The number of halogens is 1. The summed E-state index contributed by atoms with van der Waals surface area (Å²) in [6.07, 6.45) is 7.62. The molecule has 1 aliphatic rings. The van der Waals surface area contributed by atoms with E-state index in [9.17, 15) is 0 Å². The quantitative estimate of drug-likeness (QED) is 0.553. The summed E-state index contributed by atoms with van der Waals surface area (Å²) >= 11 is 7.42. The second kappa shape index (κ2) is 7.34. The molecule has 1 aliphatic carbocycles. The number of rotatable bonds is 7. The van der Waals surface area contributed by atoms with Crippen molar-refractivity contribution in [1.82, 2.24) is 4.98 Å². The summed E-state index contributed by atoms with van der Waals surface area (Å²) < 4.78 is 5.72. The van der Waals surface area contributed by atoms with Gasteiger partial charge in [0.2, 0.25) is 0 Å². The van der Waals surface area contributed by atoms with Crippen LogP contribution in [0.1, 0.15) is 42.8 Å². The van der Waals surface area contributed by atoms with Gasteiger partial charge in [-0.3, -0.25) is 0 Å². The number of nitrogens with zero attached hydrogens (tertiary/aromatic N) is 1. The van der Waals surface area contributed by atoms with E-state index in [1.54, 1.807) is 11.3 Å². The highest BCUT2D eigenvalue weighted by Gasteiger charge is 2.14. The van der Waals surface area contributed by atoms with Gasteiger partial charge in [0.05, 0.1) is 16.6 Å². The van der Waals surface area contributed by atoms with E-state index in [1.165, 1.54) is 30.7 Å². The number of ether oxygens (including phenoxy) is 1. The Morgan fingerprint density at radius 3 is 2.94 bits per heavy atom. The number of hydrogen-bond donors (Lipinski definition) is 0. The largest absolute Gasteiger partial charge is 0.381 e. The predicted molar refractivity (Wildman–Crippen MR) is 72.8 cm³/mol. The lowest BCUT2D eigenvalue weighted by molar-refractivity contribution is 0.0995. The van der Waals surface area contributed by atoms with Gasteiger partial charge >= 0.3 is 0 Å². The Bertz CT molecular complexity index is 323. The van der Waals surface area contributed by atoms with E-state index in [0.717, 1.165) is 37.7 Å². The molecule has 2 nitrogen and oxygen atoms in total. The zero-order valence-corrected chi connectivity index (χ0v) is 11.7. The van der Waals surface area contributed by atoms with Crippen molar-refractivity contribution >= 4 is 22.9 Å². The summed E-state index contributed by atoms with van der Waals surface area (Å²) in [6.45, 7) is 1.83. The molecule has 0 radical (unpaired) electrons. The van der Waals surface area contributed by atoms with Crippen LogP contribution in [0, 0.1) is 5.92 Å². The molecule has 17 heavy (non-hydrogen) atoms. The van der Waals surface area contributed by atoms with Gasteiger partial charge in [-0.25, -0.2) is 4.98 Å². The molecule has 1 heterocycles. The number of aromatic nitrogens is 1. The normalized spacial score (nSPS) is 16.8. The smallest absolute Gasteiger partial charge is 0.0929 e. The molecule has 1 fully saturated rings. The topological polar surface area (TPSA) is 22.1 Å². The van der Waals surface area contributed by atoms with Crippen LogP contribution in [-0.2, 0) is 17.0 Å². The van der Waals surface area contributed by atoms with E-state index < -0.39 is 0 Å². The van der Waals surface area contributed by atoms with E-state index in [2.05, 4.69) is 4.98 Å². The van der Waals surface area contributed by atoms with E-state index >= 15 is 0 Å². The Kier molecular flexibility index (Phi) is 5.75. The third kappa shape index (κ3) is 4.57. The first-order valence-electron chi connectivity index (χ1n) is 6.45. The van der Waals surface area contributed by atoms with Crippen LogP contribution in [0.4, 0.5) is 0 Å². The molecule has 0 atom stereocenters. The van der Waals surface area contributed by atoms with Gasteiger partial charge in [-0.15, -0.1) is 22.9 Å². The Labute approximate surface area is 112 Å². The van der Waals surface area contributed by atoms with Crippen molar-refractivity contribution in [2.24, 2.45) is 5.92 Å². The fourth-order valence-electron chi connectivity index (χ4n) is 2.28. The van der Waals surface area contributed by atoms with E-state index in [4.69, 9.17) is 16.3 Å². The minimum absolute atomic E-state index is 0.523. The molecule has 0 saturated heterocycles. The van der Waals surface area contributed by atoms with Crippen molar-refractivity contribution in [3.8, 4) is 0 Å². The van der Waals surface area contributed by atoms with Crippen LogP contribution in [0.25, 0.3) is 0 Å². The van der Waals surface area contributed by atoms with E-state index in [-0.39, 0.29) is 0 Å². The second-order valence-electron chi connectivity index (χ2n) is 4.70. The molecule has 0 unspecified atom stereocenters. The maximum absolute atomic E-state index is 5.72. The number of thiazole rings is 1. The van der Waals surface area contributed by atoms with Crippen molar-refractivity contribution in [3.63, 3.8) is 0 Å². The molecule has 96 valence electrons. The van der Waals surface area contributed by atoms with Crippen LogP contribution in [0.2, 0.25) is 0 Å². The SMILES string of the molecule is ClCc1csc(CCCOCC2CCCC2)n1. The molecule has 1 saturated carbocycles. The van der Waals surface area contributed by atoms with Crippen LogP contribution < -0.4 is 0 Å². The average molecular weight is 274 g/mol. The molecule has 0 bridgehead atoms. The summed E-state index contributed by atoms with van der Waals surface area (Å²) in [5.41, 5.74) is 0.999. The first kappa shape index (κ1) is 13.3. The van der Waals surface area contributed by atoms with E-state index in [1.807, 2.05) is 5.38 Å². The monoisotopic (exact) mass is 273 g/mol. The van der Waals surface area contributed by atoms with Crippen LogP contribution in [0.3, 0.4) is 0 Å². The third-order valence-electron chi connectivity index (χ3n) is 3.24. The standard InChI is InChI=1S/C13H20ClNOS/c14-8-12-10-17-13(15-12)6-3-7-16-9-11-4-1-2-5-11/h10-11H,1-9H2. The number of alkyl halides is 1. The molecule has 1 aromatic heterocycles. The zero-order chi connectivity index (χ0) is 11.9. The van der Waals surface area contributed by atoms with Crippen molar-refractivity contribution in [2.45, 2.75) is 44.4 Å². The highest BCUT2D eigenvalue weighted by atomic mass is 35.5. The highest BCUT2D eigenvalue weighted by Crippen LogP contribution is 2.24. The Morgan fingerprint density at radius 1 is 1.41 bits per heavy atom. The first-order valence-corrected chi connectivity index (χ1v) is 7.87. The zero-order valence-electron chi connectivity index (χ0n) is 10.2. The summed E-state index contributed by atoms with van der Waals surface area (Å²) in [7, 11) is 0. The van der Waals surface area contributed by atoms with Gasteiger partial charge in [-0.1, -0.05) is 12.8 Å². The van der Waals surface area contributed by atoms with Gasteiger partial charge < -0.3 is 4.74 Å². The van der Waals surface area contributed by atoms with Crippen LogP contribution in [0.5, 0.6) is 0 Å². The minimum atomic E-state index is 0.523. The van der Waals surface area contributed by atoms with Crippen molar-refractivity contribution in [2.75, 3.05) is 13.2 Å². The van der Waals surface area contributed by atoms with Crippen molar-refractivity contribution in [3.05, 3.63) is 16.1 Å². The fraction of sp³-hybridized carbons (Fsp3) is 0.769. The number of hydrogen-bond acceptors (Lipinski definition) is 3. The van der Waals surface area contributed by atoms with Gasteiger partial charge in [-0.05, 0) is 25.2 Å². The van der Waals surface area contributed by atoms with E-state index in [0.29, 0.717) is 5.88 Å². The van der Waals surface area contributed by atoms with Gasteiger partial charge in [0.15, 0.2) is 0 Å². The minimum Gasteiger partial charge on any atom is -0.381 e. The molecule has 0 aromatic carbocycles. The lowest BCUT2D eigenvalue weighted by Crippen LogP contribution is -2.06. The average Bonchev–Trinajstić information content (AvgIpc) is 2.99. The van der Waals surface area contributed by atoms with Crippen LogP contribution >= 0.6 is 22.9 Å². The Morgan fingerprint density at radius 2 is 2.24 bits per heavy atom. The molecular weight excluding hydrogens is 254 g/mol. The van der Waals surface area contributed by atoms with Crippen LogP contribution in [0.15, 0.2) is 5.38 Å². The second-order valence-corrected chi connectivity index (χ2v) is 5.91. The summed E-state index contributed by atoms with van der Waals surface area (Å²) in [5, 5.41) is 3.23. The van der Waals surface area contributed by atoms with Gasteiger partial charge in [-0.2, -0.15) is 0 Å². The summed E-state index contributed by atoms with van der Waals surface area (Å²) in [5.74, 6) is 1.35. The first-order chi connectivity index (χ1) is 8.38. The van der Waals surface area contributed by atoms with Gasteiger partial charge in [0.1, 0.15) is 0 Å². The summed E-state index contributed by atoms with van der Waals surface area (Å²) in [4.78, 5) is 4.43. The summed E-state index contributed by atoms with van der Waals surface area (Å²) in [6, 6.07) is 0. The Balaban J connectivity index is 1.53. The molecule has 0 N–H and O–H groups in total. The van der Waals surface area contributed by atoms with Gasteiger partial charge in [0, 0.05) is 25.0 Å². The fourth-order valence-corrected chi connectivity index (χ4v) is 3.35. The highest BCUT2D eigenvalue weighted by molar-refractivity contribution is 7.09. The Hall–Kier alpha value is -0.120. The molecule has 0 amide bonds. The maximum Gasteiger partial charge on any atom is 0.0929 e. The molecule has 0 aliphatic heterocycles. The predicted octanol–water partition coefficient (Wildman–Crippen LogP) is 4.02. The maximum atomic E-state index is 5.72. The molecule has 1 aromatic rings.